The molecule has 0 unspecified atom stereocenters. The number of hydrogen-bond donors (Lipinski definition) is 1. The van der Waals surface area contributed by atoms with Crippen LogP contribution in [0.15, 0.2) is 41.8 Å². The Morgan fingerprint density at radius 3 is 2.55 bits per heavy atom. The number of ether oxygens (including phenoxy) is 2. The van der Waals surface area contributed by atoms with Crippen LogP contribution in [0.25, 0.3) is 6.08 Å². The van der Waals surface area contributed by atoms with Crippen molar-refractivity contribution >= 4 is 29.0 Å². The average molecular weight is 417 g/mol. The number of rotatable bonds is 11. The van der Waals surface area contributed by atoms with E-state index in [1.807, 2.05) is 29.6 Å². The van der Waals surface area contributed by atoms with Gasteiger partial charge in [-0.1, -0.05) is 6.07 Å². The lowest BCUT2D eigenvalue weighted by molar-refractivity contribution is -0.111. The smallest absolute Gasteiger partial charge is 0.248 e. The number of anilines is 1. The van der Waals surface area contributed by atoms with Crippen molar-refractivity contribution < 1.29 is 14.3 Å². The van der Waals surface area contributed by atoms with Gasteiger partial charge < -0.3 is 14.8 Å². The van der Waals surface area contributed by atoms with Gasteiger partial charge in [-0.2, -0.15) is 0 Å². The van der Waals surface area contributed by atoms with Crippen molar-refractivity contribution in [1.82, 2.24) is 4.90 Å². The molecule has 0 fully saturated rings. The Balaban J connectivity index is 1.93. The number of amides is 1. The maximum absolute atomic E-state index is 12.2. The zero-order valence-electron chi connectivity index (χ0n) is 18.0. The van der Waals surface area contributed by atoms with Crippen LogP contribution < -0.4 is 14.8 Å². The monoisotopic (exact) mass is 416 g/mol. The van der Waals surface area contributed by atoms with Crippen molar-refractivity contribution in [3.63, 3.8) is 0 Å². The van der Waals surface area contributed by atoms with E-state index in [9.17, 15) is 4.79 Å². The number of nitrogens with zero attached hydrogens (tertiary/aromatic N) is 1. The van der Waals surface area contributed by atoms with Gasteiger partial charge in [0.2, 0.25) is 5.91 Å². The molecule has 2 rings (SSSR count). The molecule has 2 aromatic rings. The van der Waals surface area contributed by atoms with Crippen molar-refractivity contribution in [2.45, 2.75) is 46.2 Å². The lowest BCUT2D eigenvalue weighted by atomic mass is 10.2. The molecule has 1 amide bonds. The molecule has 0 aliphatic carbocycles. The number of nitrogens with one attached hydrogen (secondary N) is 1. The quantitative estimate of drug-likeness (QED) is 0.399. The Kier molecular flexibility index (Phi) is 9.22. The molecule has 0 radical (unpaired) electrons. The van der Waals surface area contributed by atoms with Gasteiger partial charge in [-0.05, 0) is 63.8 Å². The third-order valence-corrected chi connectivity index (χ3v) is 5.36. The van der Waals surface area contributed by atoms with E-state index >= 15 is 0 Å². The average Bonchev–Trinajstić information content (AvgIpc) is 3.19. The van der Waals surface area contributed by atoms with Gasteiger partial charge in [0.05, 0.1) is 13.7 Å². The SMILES string of the molecule is COc1ccc(NC(=O)/C=C/c2cccs2)cc1OCCCN(C(C)C)C(C)C. The Hall–Kier alpha value is -2.31. The van der Waals surface area contributed by atoms with Gasteiger partial charge in [0, 0.05) is 41.3 Å². The lowest BCUT2D eigenvalue weighted by Gasteiger charge is -2.30. The molecule has 5 nitrogen and oxygen atoms in total. The number of thiophene rings is 1. The van der Waals surface area contributed by atoms with Crippen LogP contribution in [0.2, 0.25) is 0 Å². The summed E-state index contributed by atoms with van der Waals surface area (Å²) in [6, 6.07) is 10.4. The van der Waals surface area contributed by atoms with Crippen molar-refractivity contribution in [3.05, 3.63) is 46.7 Å². The molecule has 29 heavy (non-hydrogen) atoms. The molecule has 1 aromatic heterocycles. The molecule has 0 saturated carbocycles. The van der Waals surface area contributed by atoms with Crippen LogP contribution in [0.5, 0.6) is 11.5 Å². The van der Waals surface area contributed by atoms with Crippen LogP contribution in [0.4, 0.5) is 5.69 Å². The van der Waals surface area contributed by atoms with Crippen LogP contribution in [0.3, 0.4) is 0 Å². The second-order valence-electron chi connectivity index (χ2n) is 7.33. The van der Waals surface area contributed by atoms with Gasteiger partial charge in [0.15, 0.2) is 11.5 Å². The first-order chi connectivity index (χ1) is 13.9. The largest absolute Gasteiger partial charge is 0.493 e. The van der Waals surface area contributed by atoms with Crippen LogP contribution in [0, 0.1) is 0 Å². The summed E-state index contributed by atoms with van der Waals surface area (Å²) in [5.41, 5.74) is 0.674. The first kappa shape index (κ1) is 23.0. The maximum Gasteiger partial charge on any atom is 0.248 e. The van der Waals surface area contributed by atoms with E-state index in [4.69, 9.17) is 9.47 Å². The van der Waals surface area contributed by atoms with E-state index in [2.05, 4.69) is 37.9 Å². The highest BCUT2D eigenvalue weighted by atomic mass is 32.1. The predicted molar refractivity (Wildman–Crippen MR) is 122 cm³/mol. The Labute approximate surface area is 178 Å². The molecule has 0 saturated heterocycles. The Bertz CT molecular complexity index is 777. The summed E-state index contributed by atoms with van der Waals surface area (Å²) < 4.78 is 11.4. The summed E-state index contributed by atoms with van der Waals surface area (Å²) in [6.07, 6.45) is 4.25. The van der Waals surface area contributed by atoms with Crippen LogP contribution in [-0.4, -0.2) is 43.2 Å². The van der Waals surface area contributed by atoms with Gasteiger partial charge in [0.25, 0.3) is 0 Å². The topological polar surface area (TPSA) is 50.8 Å². The summed E-state index contributed by atoms with van der Waals surface area (Å²) in [7, 11) is 1.61. The predicted octanol–water partition coefficient (Wildman–Crippen LogP) is 5.30. The standard InChI is InChI=1S/C23H32N2O3S/c1-17(2)25(18(3)4)13-7-14-28-22-16-19(9-11-21(22)27-5)24-23(26)12-10-20-8-6-15-29-20/h6,8-12,15-18H,7,13-14H2,1-5H3,(H,24,26)/b12-10+. The Morgan fingerprint density at radius 1 is 1.17 bits per heavy atom. The van der Waals surface area contributed by atoms with Crippen LogP contribution in [0.1, 0.15) is 39.0 Å². The highest BCUT2D eigenvalue weighted by Gasteiger charge is 2.13. The van der Waals surface area contributed by atoms with Gasteiger partial charge in [-0.3, -0.25) is 9.69 Å². The lowest BCUT2D eigenvalue weighted by Crippen LogP contribution is -2.38. The number of carbonyl (C=O) groups excluding carboxylic acids is 1. The third-order valence-electron chi connectivity index (χ3n) is 4.52. The second kappa shape index (κ2) is 11.6. The van der Waals surface area contributed by atoms with E-state index in [1.54, 1.807) is 30.6 Å². The van der Waals surface area contributed by atoms with Crippen LogP contribution >= 0.6 is 11.3 Å². The fourth-order valence-corrected chi connectivity index (χ4v) is 3.76. The van der Waals surface area contributed by atoms with Crippen molar-refractivity contribution in [2.24, 2.45) is 0 Å². The molecule has 1 aromatic carbocycles. The third kappa shape index (κ3) is 7.55. The molecule has 1 heterocycles. The summed E-state index contributed by atoms with van der Waals surface area (Å²) in [5.74, 6) is 1.11. The minimum Gasteiger partial charge on any atom is -0.493 e. The minimum atomic E-state index is -0.181. The number of benzene rings is 1. The van der Waals surface area contributed by atoms with Crippen molar-refractivity contribution in [2.75, 3.05) is 25.6 Å². The van der Waals surface area contributed by atoms with Crippen LogP contribution in [-0.2, 0) is 4.79 Å². The van der Waals surface area contributed by atoms with Gasteiger partial charge in [-0.25, -0.2) is 0 Å². The number of carbonyl (C=O) groups is 1. The molecular weight excluding hydrogens is 384 g/mol. The molecule has 1 N–H and O–H groups in total. The first-order valence-corrected chi connectivity index (χ1v) is 10.9. The fraction of sp³-hybridized carbons (Fsp3) is 0.435. The molecule has 0 aliphatic heterocycles. The number of hydrogen-bond acceptors (Lipinski definition) is 5. The molecule has 0 atom stereocenters. The normalized spacial score (nSPS) is 11.6. The van der Waals surface area contributed by atoms with E-state index in [0.717, 1.165) is 17.8 Å². The van der Waals surface area contributed by atoms with E-state index in [-0.39, 0.29) is 5.91 Å². The number of methoxy groups -OCH3 is 1. The molecule has 158 valence electrons. The maximum atomic E-state index is 12.2. The molecule has 6 heteroatoms. The highest BCUT2D eigenvalue weighted by molar-refractivity contribution is 7.10. The van der Waals surface area contributed by atoms with E-state index in [1.165, 1.54) is 6.08 Å². The molecular formula is C23H32N2O3S. The molecule has 0 bridgehead atoms. The van der Waals surface area contributed by atoms with E-state index in [0.29, 0.717) is 35.9 Å². The van der Waals surface area contributed by atoms with Crippen molar-refractivity contribution in [3.8, 4) is 11.5 Å². The summed E-state index contributed by atoms with van der Waals surface area (Å²) >= 11 is 1.59. The van der Waals surface area contributed by atoms with E-state index < -0.39 is 0 Å². The van der Waals surface area contributed by atoms with Gasteiger partial charge >= 0.3 is 0 Å². The second-order valence-corrected chi connectivity index (χ2v) is 8.31. The zero-order chi connectivity index (χ0) is 21.2. The molecule has 0 aliphatic rings. The van der Waals surface area contributed by atoms with Gasteiger partial charge in [0.1, 0.15) is 0 Å². The molecule has 0 spiro atoms. The van der Waals surface area contributed by atoms with Gasteiger partial charge in [-0.15, -0.1) is 11.3 Å². The fourth-order valence-electron chi connectivity index (χ4n) is 3.14. The first-order valence-electron chi connectivity index (χ1n) is 10.00. The zero-order valence-corrected chi connectivity index (χ0v) is 18.8. The minimum absolute atomic E-state index is 0.181. The highest BCUT2D eigenvalue weighted by Crippen LogP contribution is 2.30. The summed E-state index contributed by atoms with van der Waals surface area (Å²) in [6.45, 7) is 10.4. The summed E-state index contributed by atoms with van der Waals surface area (Å²) in [5, 5.41) is 4.85. The van der Waals surface area contributed by atoms with Crippen molar-refractivity contribution in [1.29, 1.82) is 0 Å². The Morgan fingerprint density at radius 2 is 1.93 bits per heavy atom. The summed E-state index contributed by atoms with van der Waals surface area (Å²) in [4.78, 5) is 15.6.